The summed E-state index contributed by atoms with van der Waals surface area (Å²) in [7, 11) is 0. The molecule has 1 amide bonds. The topological polar surface area (TPSA) is 113 Å². The summed E-state index contributed by atoms with van der Waals surface area (Å²) < 4.78 is 82.7. The Labute approximate surface area is 201 Å². The number of amides is 1. The normalized spacial score (nSPS) is 16.1. The van der Waals surface area contributed by atoms with E-state index in [4.69, 9.17) is 4.74 Å². The van der Waals surface area contributed by atoms with Gasteiger partial charge in [0.05, 0.1) is 37.1 Å². The molecular formula is C21H24F6N6O3. The first kappa shape index (κ1) is 27.4. The zero-order valence-electron chi connectivity index (χ0n) is 19.1. The van der Waals surface area contributed by atoms with E-state index in [0.29, 0.717) is 31.8 Å². The first-order valence-corrected chi connectivity index (χ1v) is 11.0. The van der Waals surface area contributed by atoms with Gasteiger partial charge in [-0.05, 0) is 19.8 Å². The van der Waals surface area contributed by atoms with Crippen molar-refractivity contribution < 1.29 is 35.9 Å². The number of aromatic nitrogens is 4. The number of carbonyl (C=O) groups excluding carboxylic acids is 1. The van der Waals surface area contributed by atoms with Crippen molar-refractivity contribution >= 4 is 11.6 Å². The molecule has 1 aliphatic rings. The molecule has 3 rings (SSSR count). The van der Waals surface area contributed by atoms with Gasteiger partial charge in [0.2, 0.25) is 5.91 Å². The van der Waals surface area contributed by atoms with Crippen LogP contribution in [-0.4, -0.2) is 63.3 Å². The Morgan fingerprint density at radius 1 is 1.14 bits per heavy atom. The number of halogens is 6. The molecule has 0 bridgehead atoms. The highest BCUT2D eigenvalue weighted by atomic mass is 19.4. The van der Waals surface area contributed by atoms with Crippen LogP contribution in [-0.2, 0) is 21.9 Å². The SMILES string of the molecule is CC(COCCC(=O)N1CCC(c2ncc(C(F)(F)F)cn2)CC1)Nc1cn[nH]c(=O)c1C(F)(F)F. The smallest absolute Gasteiger partial charge is 0.379 e. The van der Waals surface area contributed by atoms with Gasteiger partial charge in [-0.3, -0.25) is 9.59 Å². The first-order valence-electron chi connectivity index (χ1n) is 11.0. The highest BCUT2D eigenvalue weighted by Gasteiger charge is 2.37. The van der Waals surface area contributed by atoms with Gasteiger partial charge in [-0.1, -0.05) is 0 Å². The minimum atomic E-state index is -4.86. The molecule has 3 heterocycles. The molecule has 9 nitrogen and oxygen atoms in total. The number of nitrogens with zero attached hydrogens (tertiary/aromatic N) is 4. The molecule has 1 atom stereocenters. The fraction of sp³-hybridized carbons (Fsp3) is 0.571. The number of H-pyrrole nitrogens is 1. The van der Waals surface area contributed by atoms with Gasteiger partial charge in [0, 0.05) is 37.4 Å². The molecule has 2 aromatic rings. The van der Waals surface area contributed by atoms with Crippen LogP contribution in [0.4, 0.5) is 32.0 Å². The molecule has 0 aromatic carbocycles. The Kier molecular flexibility index (Phi) is 8.53. The fourth-order valence-electron chi connectivity index (χ4n) is 3.76. The second kappa shape index (κ2) is 11.2. The molecule has 2 N–H and O–H groups in total. The van der Waals surface area contributed by atoms with Crippen molar-refractivity contribution in [1.29, 1.82) is 0 Å². The molecule has 198 valence electrons. The van der Waals surface area contributed by atoms with Crippen molar-refractivity contribution in [1.82, 2.24) is 25.1 Å². The molecule has 0 spiro atoms. The van der Waals surface area contributed by atoms with Crippen molar-refractivity contribution in [3.05, 3.63) is 45.9 Å². The van der Waals surface area contributed by atoms with Crippen LogP contribution >= 0.6 is 0 Å². The molecule has 0 aliphatic carbocycles. The van der Waals surface area contributed by atoms with E-state index in [9.17, 15) is 35.9 Å². The molecule has 1 aliphatic heterocycles. The van der Waals surface area contributed by atoms with E-state index in [-0.39, 0.29) is 31.5 Å². The van der Waals surface area contributed by atoms with E-state index in [2.05, 4.69) is 20.4 Å². The Morgan fingerprint density at radius 2 is 1.78 bits per heavy atom. The summed E-state index contributed by atoms with van der Waals surface area (Å²) in [6.07, 6.45) is -5.94. The van der Waals surface area contributed by atoms with Crippen LogP contribution < -0.4 is 10.9 Å². The number of likely N-dealkylation sites (tertiary alicyclic amines) is 1. The lowest BCUT2D eigenvalue weighted by Crippen LogP contribution is -2.38. The van der Waals surface area contributed by atoms with Gasteiger partial charge in [0.25, 0.3) is 5.56 Å². The van der Waals surface area contributed by atoms with Gasteiger partial charge in [-0.2, -0.15) is 31.4 Å². The number of aromatic amines is 1. The van der Waals surface area contributed by atoms with Crippen LogP contribution in [0.2, 0.25) is 0 Å². The van der Waals surface area contributed by atoms with Gasteiger partial charge in [0.15, 0.2) is 0 Å². The van der Waals surface area contributed by atoms with Gasteiger partial charge >= 0.3 is 12.4 Å². The summed E-state index contributed by atoms with van der Waals surface area (Å²) in [6, 6.07) is -0.607. The highest BCUT2D eigenvalue weighted by Crippen LogP contribution is 2.32. The van der Waals surface area contributed by atoms with E-state index in [1.807, 2.05) is 0 Å². The lowest BCUT2D eigenvalue weighted by molar-refractivity contribution is -0.139. The van der Waals surface area contributed by atoms with Crippen molar-refractivity contribution in [3.63, 3.8) is 0 Å². The molecule has 1 saturated heterocycles. The van der Waals surface area contributed by atoms with Crippen LogP contribution in [0.5, 0.6) is 0 Å². The zero-order valence-corrected chi connectivity index (χ0v) is 19.1. The molecule has 0 radical (unpaired) electrons. The lowest BCUT2D eigenvalue weighted by atomic mass is 9.95. The third kappa shape index (κ3) is 7.15. The number of nitrogens with one attached hydrogen (secondary N) is 2. The van der Waals surface area contributed by atoms with Gasteiger partial charge < -0.3 is 15.0 Å². The number of hydrogen-bond acceptors (Lipinski definition) is 7. The monoisotopic (exact) mass is 522 g/mol. The average molecular weight is 522 g/mol. The fourth-order valence-corrected chi connectivity index (χ4v) is 3.76. The van der Waals surface area contributed by atoms with Gasteiger partial charge in [0.1, 0.15) is 11.4 Å². The van der Waals surface area contributed by atoms with Crippen LogP contribution in [0.1, 0.15) is 49.1 Å². The largest absolute Gasteiger partial charge is 0.423 e. The lowest BCUT2D eigenvalue weighted by Gasteiger charge is -2.31. The third-order valence-electron chi connectivity index (χ3n) is 5.58. The molecule has 36 heavy (non-hydrogen) atoms. The van der Waals surface area contributed by atoms with Crippen molar-refractivity contribution in [3.8, 4) is 0 Å². The summed E-state index contributed by atoms with van der Waals surface area (Å²) in [4.78, 5) is 33.2. The number of carbonyl (C=O) groups is 1. The van der Waals surface area contributed by atoms with Crippen LogP contribution in [0.15, 0.2) is 23.4 Å². The predicted octanol–water partition coefficient (Wildman–Crippen LogP) is 3.21. The van der Waals surface area contributed by atoms with Crippen molar-refractivity contribution in [2.24, 2.45) is 0 Å². The van der Waals surface area contributed by atoms with Crippen LogP contribution in [0.25, 0.3) is 0 Å². The number of piperidine rings is 1. The number of anilines is 1. The summed E-state index contributed by atoms with van der Waals surface area (Å²) in [6.45, 7) is 2.34. The van der Waals surface area contributed by atoms with Crippen LogP contribution in [0, 0.1) is 0 Å². The summed E-state index contributed by atoms with van der Waals surface area (Å²) in [5.41, 5.74) is -4.14. The van der Waals surface area contributed by atoms with E-state index < -0.39 is 40.8 Å². The van der Waals surface area contributed by atoms with Crippen molar-refractivity contribution in [2.45, 2.75) is 50.5 Å². The molecule has 2 aromatic heterocycles. The van der Waals surface area contributed by atoms with Crippen molar-refractivity contribution in [2.75, 3.05) is 31.6 Å². The number of hydrogen-bond donors (Lipinski definition) is 2. The second-order valence-electron chi connectivity index (χ2n) is 8.34. The molecular weight excluding hydrogens is 498 g/mol. The quantitative estimate of drug-likeness (QED) is 0.404. The first-order chi connectivity index (χ1) is 16.9. The third-order valence-corrected chi connectivity index (χ3v) is 5.58. The number of alkyl halides is 6. The molecule has 0 saturated carbocycles. The maximum atomic E-state index is 13.1. The van der Waals surface area contributed by atoms with Gasteiger partial charge in [-0.15, -0.1) is 0 Å². The second-order valence-corrected chi connectivity index (χ2v) is 8.34. The Bertz CT molecular complexity index is 1080. The maximum absolute atomic E-state index is 13.1. The number of ether oxygens (including phenoxy) is 1. The molecule has 1 fully saturated rings. The number of rotatable bonds is 8. The molecule has 15 heteroatoms. The summed E-state index contributed by atoms with van der Waals surface area (Å²) in [5, 5.41) is 7.67. The Balaban J connectivity index is 1.40. The van der Waals surface area contributed by atoms with Crippen LogP contribution in [0.3, 0.4) is 0 Å². The Morgan fingerprint density at radius 3 is 2.36 bits per heavy atom. The van der Waals surface area contributed by atoms with E-state index in [1.165, 1.54) is 0 Å². The Hall–Kier alpha value is -3.23. The van der Waals surface area contributed by atoms with E-state index >= 15 is 0 Å². The predicted molar refractivity (Wildman–Crippen MR) is 114 cm³/mol. The maximum Gasteiger partial charge on any atom is 0.423 e. The summed E-state index contributed by atoms with van der Waals surface area (Å²) >= 11 is 0. The van der Waals surface area contributed by atoms with E-state index in [0.717, 1.165) is 18.6 Å². The zero-order chi connectivity index (χ0) is 26.5. The van der Waals surface area contributed by atoms with Gasteiger partial charge in [-0.25, -0.2) is 15.1 Å². The minimum absolute atomic E-state index is 0.0231. The summed E-state index contributed by atoms with van der Waals surface area (Å²) in [5.74, 6) is -0.0226. The molecule has 1 unspecified atom stereocenters. The van der Waals surface area contributed by atoms with E-state index in [1.54, 1.807) is 16.9 Å². The standard InChI is InChI=1S/C21H24F6N6O3/c1-12(31-15-10-30-32-19(35)17(15)21(25,26)27)11-36-7-4-16(34)33-5-2-13(3-6-33)18-28-8-14(9-29-18)20(22,23)24/h8-10,12-13H,2-7,11H2,1H3,(H2,31,32,35). The highest BCUT2D eigenvalue weighted by molar-refractivity contribution is 5.76. The average Bonchev–Trinajstić information content (AvgIpc) is 2.80. The minimum Gasteiger partial charge on any atom is -0.379 e.